The van der Waals surface area contributed by atoms with Crippen molar-refractivity contribution in [3.8, 4) is 11.5 Å². The topological polar surface area (TPSA) is 54.0 Å². The molecule has 21 heavy (non-hydrogen) atoms. The summed E-state index contributed by atoms with van der Waals surface area (Å²) in [7, 11) is 3.18. The molecule has 3 atom stereocenters. The van der Waals surface area contributed by atoms with Gasteiger partial charge in [0.25, 0.3) is 0 Å². The maximum Gasteiger partial charge on any atom is 0.312 e. The first-order valence-electron chi connectivity index (χ1n) is 7.12. The van der Waals surface area contributed by atoms with E-state index in [9.17, 15) is 4.79 Å². The molecule has 1 aliphatic rings. The van der Waals surface area contributed by atoms with E-state index in [1.807, 2.05) is 32.0 Å². The Morgan fingerprint density at radius 1 is 1.29 bits per heavy atom. The standard InChI is InChI=1S/C16H22O5/c1-5-20-16(17)14-10(2)9-21-15(14)11-6-7-12(18-3)13(8-11)19-4/h6-8,10,14-15H,5,9H2,1-4H3. The van der Waals surface area contributed by atoms with Crippen molar-refractivity contribution in [1.82, 2.24) is 0 Å². The number of hydrogen-bond donors (Lipinski definition) is 0. The highest BCUT2D eigenvalue weighted by molar-refractivity contribution is 5.74. The van der Waals surface area contributed by atoms with E-state index >= 15 is 0 Å². The van der Waals surface area contributed by atoms with Crippen molar-refractivity contribution in [3.63, 3.8) is 0 Å². The lowest BCUT2D eigenvalue weighted by atomic mass is 9.88. The van der Waals surface area contributed by atoms with Gasteiger partial charge in [0.2, 0.25) is 0 Å². The van der Waals surface area contributed by atoms with E-state index in [-0.39, 0.29) is 23.9 Å². The molecule has 1 aromatic rings. The third kappa shape index (κ3) is 3.13. The van der Waals surface area contributed by atoms with Gasteiger partial charge in [0.15, 0.2) is 11.5 Å². The second-order valence-electron chi connectivity index (χ2n) is 5.12. The predicted molar refractivity (Wildman–Crippen MR) is 77.5 cm³/mol. The van der Waals surface area contributed by atoms with Crippen LogP contribution in [0.3, 0.4) is 0 Å². The number of esters is 1. The van der Waals surface area contributed by atoms with Crippen molar-refractivity contribution in [2.24, 2.45) is 11.8 Å². The minimum atomic E-state index is -0.307. The van der Waals surface area contributed by atoms with Gasteiger partial charge in [-0.2, -0.15) is 0 Å². The summed E-state index contributed by atoms with van der Waals surface area (Å²) in [6.07, 6.45) is -0.307. The van der Waals surface area contributed by atoms with Gasteiger partial charge in [-0.15, -0.1) is 0 Å². The second kappa shape index (κ2) is 6.80. The quantitative estimate of drug-likeness (QED) is 0.781. The predicted octanol–water partition coefficient (Wildman–Crippen LogP) is 2.59. The summed E-state index contributed by atoms with van der Waals surface area (Å²) >= 11 is 0. The molecule has 0 bridgehead atoms. The van der Waals surface area contributed by atoms with Crippen LogP contribution in [0, 0.1) is 11.8 Å². The molecule has 116 valence electrons. The molecule has 1 saturated heterocycles. The molecule has 3 unspecified atom stereocenters. The SMILES string of the molecule is CCOC(=O)C1C(C)COC1c1ccc(OC)c(OC)c1. The minimum Gasteiger partial charge on any atom is -0.493 e. The van der Waals surface area contributed by atoms with Crippen molar-refractivity contribution in [3.05, 3.63) is 23.8 Å². The first kappa shape index (κ1) is 15.6. The zero-order valence-corrected chi connectivity index (χ0v) is 12.9. The van der Waals surface area contributed by atoms with E-state index in [1.165, 1.54) is 0 Å². The lowest BCUT2D eigenvalue weighted by molar-refractivity contribution is -0.151. The number of ether oxygens (including phenoxy) is 4. The maximum absolute atomic E-state index is 12.2. The zero-order chi connectivity index (χ0) is 15.4. The summed E-state index contributed by atoms with van der Waals surface area (Å²) in [6.45, 7) is 4.73. The molecule has 0 radical (unpaired) electrons. The molecule has 1 heterocycles. The molecule has 0 N–H and O–H groups in total. The van der Waals surface area contributed by atoms with E-state index in [1.54, 1.807) is 14.2 Å². The second-order valence-corrected chi connectivity index (χ2v) is 5.12. The Morgan fingerprint density at radius 2 is 2.00 bits per heavy atom. The van der Waals surface area contributed by atoms with Gasteiger partial charge < -0.3 is 18.9 Å². The molecule has 2 rings (SSSR count). The number of carbonyl (C=O) groups is 1. The Bertz CT molecular complexity index is 499. The van der Waals surface area contributed by atoms with Crippen molar-refractivity contribution in [1.29, 1.82) is 0 Å². The van der Waals surface area contributed by atoms with E-state index < -0.39 is 0 Å². The van der Waals surface area contributed by atoms with Crippen molar-refractivity contribution < 1.29 is 23.7 Å². The van der Waals surface area contributed by atoms with E-state index in [0.29, 0.717) is 24.7 Å². The molecular weight excluding hydrogens is 272 g/mol. The van der Waals surface area contributed by atoms with Gasteiger partial charge in [-0.1, -0.05) is 13.0 Å². The third-order valence-corrected chi connectivity index (χ3v) is 3.77. The van der Waals surface area contributed by atoms with E-state index in [0.717, 1.165) is 5.56 Å². The van der Waals surface area contributed by atoms with Gasteiger partial charge in [0, 0.05) is 0 Å². The van der Waals surface area contributed by atoms with Gasteiger partial charge >= 0.3 is 5.97 Å². The molecule has 1 fully saturated rings. The van der Waals surface area contributed by atoms with Crippen molar-refractivity contribution in [2.45, 2.75) is 20.0 Å². The van der Waals surface area contributed by atoms with Crippen LogP contribution in [0.2, 0.25) is 0 Å². The number of methoxy groups -OCH3 is 2. The van der Waals surface area contributed by atoms with Crippen LogP contribution in [-0.2, 0) is 14.3 Å². The molecule has 0 spiro atoms. The zero-order valence-electron chi connectivity index (χ0n) is 12.9. The van der Waals surface area contributed by atoms with Crippen LogP contribution in [0.25, 0.3) is 0 Å². The number of carbonyl (C=O) groups excluding carboxylic acids is 1. The Kier molecular flexibility index (Phi) is 5.07. The van der Waals surface area contributed by atoms with E-state index in [2.05, 4.69) is 0 Å². The Hall–Kier alpha value is -1.75. The normalized spacial score (nSPS) is 24.7. The highest BCUT2D eigenvalue weighted by Crippen LogP contribution is 2.41. The molecule has 0 saturated carbocycles. The number of benzene rings is 1. The molecule has 0 amide bonds. The third-order valence-electron chi connectivity index (χ3n) is 3.77. The van der Waals surface area contributed by atoms with Crippen molar-refractivity contribution >= 4 is 5.97 Å². The first-order chi connectivity index (χ1) is 10.1. The van der Waals surface area contributed by atoms with E-state index in [4.69, 9.17) is 18.9 Å². The molecular formula is C16H22O5. The fourth-order valence-electron chi connectivity index (χ4n) is 2.69. The van der Waals surface area contributed by atoms with Crippen LogP contribution in [0.5, 0.6) is 11.5 Å². The Morgan fingerprint density at radius 3 is 2.62 bits per heavy atom. The number of hydrogen-bond acceptors (Lipinski definition) is 5. The van der Waals surface area contributed by atoms with Crippen LogP contribution in [0.4, 0.5) is 0 Å². The minimum absolute atomic E-state index is 0.127. The fraction of sp³-hybridized carbons (Fsp3) is 0.562. The summed E-state index contributed by atoms with van der Waals surface area (Å²) in [4.78, 5) is 12.2. The van der Waals surface area contributed by atoms with Crippen LogP contribution in [0.15, 0.2) is 18.2 Å². The van der Waals surface area contributed by atoms with Gasteiger partial charge in [-0.05, 0) is 30.5 Å². The lowest BCUT2D eigenvalue weighted by Gasteiger charge is -2.20. The lowest BCUT2D eigenvalue weighted by Crippen LogP contribution is -2.25. The summed E-state index contributed by atoms with van der Waals surface area (Å²) in [5.41, 5.74) is 0.898. The summed E-state index contributed by atoms with van der Waals surface area (Å²) < 4.78 is 21.5. The van der Waals surface area contributed by atoms with Gasteiger partial charge in [-0.25, -0.2) is 0 Å². The highest BCUT2D eigenvalue weighted by Gasteiger charge is 2.41. The first-order valence-corrected chi connectivity index (χ1v) is 7.12. The van der Waals surface area contributed by atoms with Gasteiger partial charge in [0.1, 0.15) is 0 Å². The molecule has 5 heteroatoms. The molecule has 0 aromatic heterocycles. The molecule has 1 aliphatic heterocycles. The monoisotopic (exact) mass is 294 g/mol. The fourth-order valence-corrected chi connectivity index (χ4v) is 2.69. The molecule has 1 aromatic carbocycles. The Balaban J connectivity index is 2.29. The van der Waals surface area contributed by atoms with Gasteiger partial charge in [0.05, 0.1) is 39.5 Å². The molecule has 0 aliphatic carbocycles. The average Bonchev–Trinajstić information content (AvgIpc) is 2.88. The summed E-state index contributed by atoms with van der Waals surface area (Å²) in [6, 6.07) is 5.58. The average molecular weight is 294 g/mol. The van der Waals surface area contributed by atoms with Crippen LogP contribution >= 0.6 is 0 Å². The van der Waals surface area contributed by atoms with Gasteiger partial charge in [-0.3, -0.25) is 4.79 Å². The summed E-state index contributed by atoms with van der Waals surface area (Å²) in [5, 5.41) is 0. The van der Waals surface area contributed by atoms with Crippen LogP contribution < -0.4 is 9.47 Å². The smallest absolute Gasteiger partial charge is 0.312 e. The Labute approximate surface area is 125 Å². The number of rotatable bonds is 5. The highest BCUT2D eigenvalue weighted by atomic mass is 16.5. The van der Waals surface area contributed by atoms with Crippen molar-refractivity contribution in [2.75, 3.05) is 27.4 Å². The maximum atomic E-state index is 12.2. The largest absolute Gasteiger partial charge is 0.493 e. The molecule has 5 nitrogen and oxygen atoms in total. The van der Waals surface area contributed by atoms with Crippen LogP contribution in [-0.4, -0.2) is 33.4 Å². The van der Waals surface area contributed by atoms with Crippen LogP contribution in [0.1, 0.15) is 25.5 Å². The summed E-state index contributed by atoms with van der Waals surface area (Å²) in [5.74, 6) is 0.910.